The summed E-state index contributed by atoms with van der Waals surface area (Å²) in [5.41, 5.74) is 7.50. The van der Waals surface area contributed by atoms with Gasteiger partial charge in [0.05, 0.1) is 0 Å². The molecule has 0 heterocycles. The van der Waals surface area contributed by atoms with Crippen molar-refractivity contribution in [2.24, 2.45) is 5.73 Å². The summed E-state index contributed by atoms with van der Waals surface area (Å²) in [6.45, 7) is 2.49. The maximum absolute atomic E-state index is 9.46. The molecular weight excluding hydrogens is 176 g/mol. The average Bonchev–Trinajstić information content (AvgIpc) is 2.17. The summed E-state index contributed by atoms with van der Waals surface area (Å²) in [6, 6.07) is 5.93. The Balaban J connectivity index is 3.00. The molecule has 1 unspecified atom stereocenters. The standard InChI is InChI=1S/C11H18N2O/c1-8(13(2)3)9-4-5-11(14)10(6-9)7-12/h4-6,8,14H,7,12H2,1-3H3. The minimum atomic E-state index is 0.280. The average molecular weight is 194 g/mol. The maximum Gasteiger partial charge on any atom is 0.120 e. The predicted octanol–water partition coefficient (Wildman–Crippen LogP) is 1.47. The number of aromatic hydroxyl groups is 1. The molecule has 0 radical (unpaired) electrons. The lowest BCUT2D eigenvalue weighted by Gasteiger charge is -2.20. The Bertz CT molecular complexity index is 310. The molecule has 1 aromatic rings. The van der Waals surface area contributed by atoms with Gasteiger partial charge in [0.1, 0.15) is 5.75 Å². The molecule has 0 aromatic heterocycles. The smallest absolute Gasteiger partial charge is 0.120 e. The first-order valence-electron chi connectivity index (χ1n) is 4.74. The van der Waals surface area contributed by atoms with Gasteiger partial charge in [-0.05, 0) is 38.7 Å². The van der Waals surface area contributed by atoms with E-state index in [-0.39, 0.29) is 5.75 Å². The van der Waals surface area contributed by atoms with Crippen LogP contribution in [0.3, 0.4) is 0 Å². The van der Waals surface area contributed by atoms with Crippen LogP contribution >= 0.6 is 0 Å². The molecule has 0 saturated heterocycles. The monoisotopic (exact) mass is 194 g/mol. The summed E-state index contributed by atoms with van der Waals surface area (Å²) < 4.78 is 0. The van der Waals surface area contributed by atoms with Gasteiger partial charge in [-0.15, -0.1) is 0 Å². The third-order valence-corrected chi connectivity index (χ3v) is 2.58. The van der Waals surface area contributed by atoms with E-state index < -0.39 is 0 Å². The summed E-state index contributed by atoms with van der Waals surface area (Å²) in [4.78, 5) is 2.12. The van der Waals surface area contributed by atoms with Crippen LogP contribution in [-0.4, -0.2) is 24.1 Å². The molecule has 14 heavy (non-hydrogen) atoms. The van der Waals surface area contributed by atoms with E-state index in [4.69, 9.17) is 5.73 Å². The molecule has 0 saturated carbocycles. The van der Waals surface area contributed by atoms with E-state index in [0.29, 0.717) is 12.6 Å². The second-order valence-electron chi connectivity index (χ2n) is 3.73. The van der Waals surface area contributed by atoms with Crippen molar-refractivity contribution in [2.75, 3.05) is 14.1 Å². The first-order chi connectivity index (χ1) is 6.56. The Morgan fingerprint density at radius 2 is 2.07 bits per heavy atom. The predicted molar refractivity (Wildman–Crippen MR) is 58.1 cm³/mol. The van der Waals surface area contributed by atoms with Gasteiger partial charge in [-0.2, -0.15) is 0 Å². The van der Waals surface area contributed by atoms with Crippen LogP contribution in [-0.2, 0) is 6.54 Å². The van der Waals surface area contributed by atoms with Crippen LogP contribution in [0.1, 0.15) is 24.1 Å². The van der Waals surface area contributed by atoms with Crippen LogP contribution in [0.5, 0.6) is 5.75 Å². The molecule has 0 aliphatic heterocycles. The van der Waals surface area contributed by atoms with Crippen LogP contribution in [0.4, 0.5) is 0 Å². The zero-order valence-corrected chi connectivity index (χ0v) is 8.99. The maximum atomic E-state index is 9.46. The van der Waals surface area contributed by atoms with E-state index >= 15 is 0 Å². The van der Waals surface area contributed by atoms with E-state index in [0.717, 1.165) is 5.56 Å². The lowest BCUT2D eigenvalue weighted by molar-refractivity contribution is 0.320. The van der Waals surface area contributed by atoms with Gasteiger partial charge < -0.3 is 15.7 Å². The lowest BCUT2D eigenvalue weighted by Crippen LogP contribution is -2.17. The van der Waals surface area contributed by atoms with E-state index in [9.17, 15) is 5.11 Å². The second kappa shape index (κ2) is 4.44. The van der Waals surface area contributed by atoms with Crippen molar-refractivity contribution in [3.8, 4) is 5.75 Å². The van der Waals surface area contributed by atoms with Crippen LogP contribution in [0.25, 0.3) is 0 Å². The number of hydrogen-bond donors (Lipinski definition) is 2. The summed E-state index contributed by atoms with van der Waals surface area (Å²) >= 11 is 0. The van der Waals surface area contributed by atoms with Gasteiger partial charge >= 0.3 is 0 Å². The highest BCUT2D eigenvalue weighted by Gasteiger charge is 2.09. The Labute approximate surface area is 85.2 Å². The number of benzene rings is 1. The van der Waals surface area contributed by atoms with Gasteiger partial charge in [0.2, 0.25) is 0 Å². The van der Waals surface area contributed by atoms with E-state index in [1.807, 2.05) is 26.2 Å². The van der Waals surface area contributed by atoms with Crippen LogP contribution in [0.15, 0.2) is 18.2 Å². The van der Waals surface area contributed by atoms with Crippen LogP contribution in [0, 0.1) is 0 Å². The van der Waals surface area contributed by atoms with Gasteiger partial charge in [0.15, 0.2) is 0 Å². The Morgan fingerprint density at radius 1 is 1.43 bits per heavy atom. The van der Waals surface area contributed by atoms with Gasteiger partial charge in [0.25, 0.3) is 0 Å². The highest BCUT2D eigenvalue weighted by Crippen LogP contribution is 2.23. The zero-order valence-electron chi connectivity index (χ0n) is 8.99. The van der Waals surface area contributed by atoms with Gasteiger partial charge in [-0.3, -0.25) is 0 Å². The normalized spacial score (nSPS) is 13.2. The van der Waals surface area contributed by atoms with E-state index in [1.165, 1.54) is 5.56 Å². The molecule has 0 fully saturated rings. The number of nitrogens with zero attached hydrogens (tertiary/aromatic N) is 1. The number of nitrogens with two attached hydrogens (primary N) is 1. The molecule has 3 N–H and O–H groups in total. The van der Waals surface area contributed by atoms with E-state index in [1.54, 1.807) is 6.07 Å². The minimum absolute atomic E-state index is 0.280. The molecule has 0 bridgehead atoms. The summed E-state index contributed by atoms with van der Waals surface area (Å²) in [7, 11) is 4.05. The van der Waals surface area contributed by atoms with Crippen molar-refractivity contribution in [1.29, 1.82) is 0 Å². The van der Waals surface area contributed by atoms with Gasteiger partial charge in [-0.1, -0.05) is 6.07 Å². The molecule has 0 aliphatic carbocycles. The molecule has 0 amide bonds. The van der Waals surface area contributed by atoms with Crippen molar-refractivity contribution in [2.45, 2.75) is 19.5 Å². The Kier molecular flexibility index (Phi) is 3.49. The zero-order chi connectivity index (χ0) is 10.7. The molecule has 1 rings (SSSR count). The fraction of sp³-hybridized carbons (Fsp3) is 0.455. The lowest BCUT2D eigenvalue weighted by atomic mass is 10.0. The third kappa shape index (κ3) is 2.25. The quantitative estimate of drug-likeness (QED) is 0.766. The number of phenols is 1. The fourth-order valence-electron chi connectivity index (χ4n) is 1.33. The molecule has 78 valence electrons. The molecule has 0 aliphatic rings. The largest absolute Gasteiger partial charge is 0.508 e. The van der Waals surface area contributed by atoms with E-state index in [2.05, 4.69) is 11.8 Å². The highest BCUT2D eigenvalue weighted by atomic mass is 16.3. The van der Waals surface area contributed by atoms with Crippen molar-refractivity contribution in [3.05, 3.63) is 29.3 Å². The molecular formula is C11H18N2O. The van der Waals surface area contributed by atoms with Crippen molar-refractivity contribution in [1.82, 2.24) is 4.90 Å². The third-order valence-electron chi connectivity index (χ3n) is 2.58. The van der Waals surface area contributed by atoms with Crippen LogP contribution < -0.4 is 5.73 Å². The minimum Gasteiger partial charge on any atom is -0.508 e. The second-order valence-corrected chi connectivity index (χ2v) is 3.73. The van der Waals surface area contributed by atoms with Crippen molar-refractivity contribution < 1.29 is 5.11 Å². The molecule has 0 spiro atoms. The first-order valence-corrected chi connectivity index (χ1v) is 4.74. The number of phenolic OH excluding ortho intramolecular Hbond substituents is 1. The fourth-order valence-corrected chi connectivity index (χ4v) is 1.33. The van der Waals surface area contributed by atoms with Crippen LogP contribution in [0.2, 0.25) is 0 Å². The Hall–Kier alpha value is -1.06. The SMILES string of the molecule is CC(c1ccc(O)c(CN)c1)N(C)C. The molecule has 3 nitrogen and oxygen atoms in total. The first kappa shape index (κ1) is 11.0. The molecule has 1 atom stereocenters. The molecule has 1 aromatic carbocycles. The summed E-state index contributed by atoms with van der Waals surface area (Å²) in [5.74, 6) is 0.280. The van der Waals surface area contributed by atoms with Crippen molar-refractivity contribution in [3.63, 3.8) is 0 Å². The Morgan fingerprint density at radius 3 is 2.57 bits per heavy atom. The van der Waals surface area contributed by atoms with Gasteiger partial charge in [0, 0.05) is 18.2 Å². The topological polar surface area (TPSA) is 49.5 Å². The molecule has 3 heteroatoms. The summed E-state index contributed by atoms with van der Waals surface area (Å²) in [6.07, 6.45) is 0. The summed E-state index contributed by atoms with van der Waals surface area (Å²) in [5, 5.41) is 9.46. The van der Waals surface area contributed by atoms with Gasteiger partial charge in [-0.25, -0.2) is 0 Å². The number of hydrogen-bond acceptors (Lipinski definition) is 3. The highest BCUT2D eigenvalue weighted by molar-refractivity contribution is 5.37. The van der Waals surface area contributed by atoms with Crippen molar-refractivity contribution >= 4 is 0 Å². The number of rotatable bonds is 3.